The second kappa shape index (κ2) is 3.51. The largest absolute Gasteiger partial charge is 0.359 e. The molecule has 0 aliphatic carbocycles. The highest BCUT2D eigenvalue weighted by Gasteiger charge is 2.46. The summed E-state index contributed by atoms with van der Waals surface area (Å²) in [6.45, 7) is 0. The maximum atomic E-state index is 2.47. The van der Waals surface area contributed by atoms with Crippen LogP contribution < -0.4 is 63.6 Å². The van der Waals surface area contributed by atoms with Gasteiger partial charge in [-0.1, -0.05) is 0 Å². The van der Waals surface area contributed by atoms with Crippen LogP contribution in [0.5, 0.6) is 0 Å². The van der Waals surface area contributed by atoms with E-state index in [2.05, 4.69) is 36.4 Å². The molecule has 0 spiro atoms. The molecule has 0 bridgehead atoms. The van der Waals surface area contributed by atoms with Crippen molar-refractivity contribution in [2.75, 3.05) is 0 Å². The van der Waals surface area contributed by atoms with Crippen molar-refractivity contribution < 1.29 is 63.6 Å². The molecule has 96 valence electrons. The Kier molecular flexibility index (Phi) is 1.90. The van der Waals surface area contributed by atoms with Gasteiger partial charge in [0.05, 0.1) is 32.3 Å². The quantitative estimate of drug-likeness (QED) is 0.120. The highest BCUT2D eigenvalue weighted by Crippen LogP contribution is 2.38. The first-order chi connectivity index (χ1) is 10.4. The zero-order chi connectivity index (χ0) is 13.3. The van der Waals surface area contributed by atoms with E-state index in [9.17, 15) is 0 Å². The standard InChI is InChI=1S/C18H6I3/c1-2-8-14-13-7(1)19-9-3-4-11-17(15(9)13)18-12(21-11)6-5-10(20-8)16(14)18/h1-6H/q+3. The molecule has 0 fully saturated rings. The molecule has 0 saturated carbocycles. The minimum atomic E-state index is 0.0505. The third-order valence-corrected chi connectivity index (χ3v) is 13.6. The minimum Gasteiger partial charge on any atom is -0.00300 e. The van der Waals surface area contributed by atoms with Crippen molar-refractivity contribution in [1.82, 2.24) is 0 Å². The van der Waals surface area contributed by atoms with Gasteiger partial charge in [-0.05, 0) is 36.4 Å². The fraction of sp³-hybridized carbons (Fsp3) is 0. The van der Waals surface area contributed by atoms with Crippen LogP contribution in [-0.2, 0) is 0 Å². The molecule has 3 heteroatoms. The maximum absolute atomic E-state index is 2.47. The van der Waals surface area contributed by atoms with Crippen molar-refractivity contribution in [3.8, 4) is 0 Å². The van der Waals surface area contributed by atoms with Crippen LogP contribution in [0.2, 0.25) is 0 Å². The van der Waals surface area contributed by atoms with Crippen molar-refractivity contribution in [1.29, 1.82) is 0 Å². The summed E-state index contributed by atoms with van der Waals surface area (Å²) in [4.78, 5) is 0. The third-order valence-electron chi connectivity index (χ3n) is 4.67. The molecular formula is C18H6I3+3. The van der Waals surface area contributed by atoms with Gasteiger partial charge >= 0.3 is 63.6 Å². The average molecular weight is 603 g/mol. The summed E-state index contributed by atoms with van der Waals surface area (Å²) < 4.78 is 10.1. The lowest BCUT2D eigenvalue weighted by molar-refractivity contribution is -0.593. The molecule has 0 amide bonds. The van der Waals surface area contributed by atoms with Crippen LogP contribution in [0.1, 0.15) is 0 Å². The van der Waals surface area contributed by atoms with Crippen molar-refractivity contribution >= 4 is 32.3 Å². The van der Waals surface area contributed by atoms with Crippen molar-refractivity contribution in [2.24, 2.45) is 0 Å². The van der Waals surface area contributed by atoms with Crippen LogP contribution in [0.4, 0.5) is 0 Å². The molecule has 0 saturated heterocycles. The lowest BCUT2D eigenvalue weighted by atomic mass is 9.95. The topological polar surface area (TPSA) is 0 Å². The monoisotopic (exact) mass is 603 g/mol. The fourth-order valence-electron chi connectivity index (χ4n) is 3.92. The SMILES string of the molecule is c1cc2c3c4c1[I+]c1ccc5c(c14)c1c(ccc(c31)[I+]2)[I+]5. The molecule has 7 rings (SSSR count). The Morgan fingerprint density at radius 3 is 0.714 bits per heavy atom. The van der Waals surface area contributed by atoms with E-state index in [1.54, 1.807) is 53.7 Å². The summed E-state index contributed by atoms with van der Waals surface area (Å²) >= 11 is 0.151. The summed E-state index contributed by atoms with van der Waals surface area (Å²) in [7, 11) is 0. The number of hydrogen-bond donors (Lipinski definition) is 0. The van der Waals surface area contributed by atoms with Crippen LogP contribution in [0.3, 0.4) is 0 Å². The van der Waals surface area contributed by atoms with Gasteiger partial charge in [0.15, 0.2) is 0 Å². The number of hydrogen-bond acceptors (Lipinski definition) is 0. The fourth-order valence-corrected chi connectivity index (χ4v) is 12.8. The van der Waals surface area contributed by atoms with Crippen LogP contribution in [0.15, 0.2) is 36.4 Å². The molecule has 0 aromatic heterocycles. The lowest BCUT2D eigenvalue weighted by Gasteiger charge is -1.99. The molecule has 4 aromatic rings. The Bertz CT molecular complexity index is 932. The van der Waals surface area contributed by atoms with E-state index in [1.165, 1.54) is 0 Å². The van der Waals surface area contributed by atoms with E-state index in [0.29, 0.717) is 0 Å². The smallest absolute Gasteiger partial charge is 0.00300 e. The van der Waals surface area contributed by atoms with Gasteiger partial charge in [-0.15, -0.1) is 0 Å². The predicted molar refractivity (Wildman–Crippen MR) is 71.1 cm³/mol. The Labute approximate surface area is 152 Å². The molecule has 3 aliphatic rings. The van der Waals surface area contributed by atoms with E-state index < -0.39 is 0 Å². The van der Waals surface area contributed by atoms with Crippen molar-refractivity contribution in [3.05, 3.63) is 57.8 Å². The minimum absolute atomic E-state index is 0.0505. The van der Waals surface area contributed by atoms with Gasteiger partial charge in [0, 0.05) is 0 Å². The summed E-state index contributed by atoms with van der Waals surface area (Å²) in [6, 6.07) is 14.8. The van der Waals surface area contributed by atoms with E-state index in [4.69, 9.17) is 0 Å². The van der Waals surface area contributed by atoms with Crippen LogP contribution in [0, 0.1) is 21.4 Å². The van der Waals surface area contributed by atoms with E-state index in [0.717, 1.165) is 0 Å². The number of rotatable bonds is 0. The summed E-state index contributed by atoms with van der Waals surface area (Å²) in [5.74, 6) is 0. The molecule has 21 heavy (non-hydrogen) atoms. The zero-order valence-corrected chi connectivity index (χ0v) is 17.1. The summed E-state index contributed by atoms with van der Waals surface area (Å²) in [5.41, 5.74) is 0. The lowest BCUT2D eigenvalue weighted by Crippen LogP contribution is -3.61. The van der Waals surface area contributed by atoms with Gasteiger partial charge in [-0.25, -0.2) is 0 Å². The molecule has 0 N–H and O–H groups in total. The Hall–Kier alpha value is -0.150. The molecular weight excluding hydrogens is 597 g/mol. The average Bonchev–Trinajstić information content (AvgIpc) is 3.14. The molecule has 3 aliphatic heterocycles. The highest BCUT2D eigenvalue weighted by molar-refractivity contribution is 6.25. The van der Waals surface area contributed by atoms with Gasteiger partial charge in [-0.2, -0.15) is 0 Å². The molecule has 0 radical (unpaired) electrons. The van der Waals surface area contributed by atoms with Crippen molar-refractivity contribution in [2.45, 2.75) is 0 Å². The molecule has 0 atom stereocenters. The first-order valence-corrected chi connectivity index (χ1v) is 13.3. The van der Waals surface area contributed by atoms with Gasteiger partial charge in [-0.3, -0.25) is 0 Å². The van der Waals surface area contributed by atoms with Gasteiger partial charge in [0.2, 0.25) is 21.4 Å². The summed E-state index contributed by atoms with van der Waals surface area (Å²) in [6.07, 6.45) is 0. The van der Waals surface area contributed by atoms with Crippen LogP contribution in [0.25, 0.3) is 32.3 Å². The highest BCUT2D eigenvalue weighted by atomic mass is 127. The Morgan fingerprint density at radius 1 is 0.333 bits per heavy atom. The van der Waals surface area contributed by atoms with E-state index in [1.807, 2.05) is 0 Å². The normalized spacial score (nSPS) is 16.0. The Morgan fingerprint density at radius 2 is 0.524 bits per heavy atom. The third kappa shape index (κ3) is 1.13. The first kappa shape index (κ1) is 11.4. The van der Waals surface area contributed by atoms with Gasteiger partial charge in [0.1, 0.15) is 0 Å². The number of halogens is 3. The van der Waals surface area contributed by atoms with Crippen molar-refractivity contribution in [3.63, 3.8) is 0 Å². The maximum Gasteiger partial charge on any atom is 0.359 e. The molecule has 0 unspecified atom stereocenters. The zero-order valence-electron chi connectivity index (χ0n) is 10.6. The Balaban J connectivity index is 2.04. The van der Waals surface area contributed by atoms with Gasteiger partial charge < -0.3 is 0 Å². The second-order valence-corrected chi connectivity index (χ2v) is 14.2. The first-order valence-electron chi connectivity index (χ1n) is 6.87. The molecule has 3 heterocycles. The van der Waals surface area contributed by atoms with Crippen LogP contribution in [-0.4, -0.2) is 0 Å². The second-order valence-electron chi connectivity index (χ2n) is 5.62. The summed E-state index contributed by atoms with van der Waals surface area (Å²) in [5, 5.41) is 10.1. The molecule has 4 aromatic carbocycles. The van der Waals surface area contributed by atoms with Gasteiger partial charge in [0.25, 0.3) is 0 Å². The van der Waals surface area contributed by atoms with E-state index >= 15 is 0 Å². The van der Waals surface area contributed by atoms with E-state index in [-0.39, 0.29) is 63.6 Å². The predicted octanol–water partition coefficient (Wildman–Crippen LogP) is -5.53. The number of benzene rings is 4. The molecule has 0 nitrogen and oxygen atoms in total. The van der Waals surface area contributed by atoms with Crippen LogP contribution >= 0.6 is 0 Å².